The number of rotatable bonds is 12. The van der Waals surface area contributed by atoms with E-state index in [0.717, 1.165) is 0 Å². The van der Waals surface area contributed by atoms with Crippen molar-refractivity contribution >= 4 is 51.9 Å². The second kappa shape index (κ2) is 14.9. The Labute approximate surface area is 273 Å². The Kier molecular flexibility index (Phi) is 11.2. The maximum absolute atomic E-state index is 14.1. The second-order valence-corrected chi connectivity index (χ2v) is 12.0. The molecular weight excluding hydrogens is 699 g/mol. The first-order chi connectivity index (χ1) is 21.1. The number of aromatic nitrogens is 1. The van der Waals surface area contributed by atoms with E-state index >= 15 is 0 Å². The summed E-state index contributed by atoms with van der Waals surface area (Å²) in [5.41, 5.74) is 1.78. The number of ether oxygens (including phenoxy) is 5. The Balaban J connectivity index is 1.87. The van der Waals surface area contributed by atoms with Crippen LogP contribution in [0.5, 0.6) is 17.2 Å². The molecule has 44 heavy (non-hydrogen) atoms. The summed E-state index contributed by atoms with van der Waals surface area (Å²) in [5.74, 6) is 0.384. The molecule has 2 aromatic carbocycles. The number of carbonyl (C=O) groups is 2. The first-order valence-corrected chi connectivity index (χ1v) is 16.2. The highest BCUT2D eigenvalue weighted by atomic mass is 127. The van der Waals surface area contributed by atoms with Gasteiger partial charge in [-0.3, -0.25) is 9.36 Å². The minimum absolute atomic E-state index is 0.130. The number of hydrogen-bond donors (Lipinski definition) is 0. The van der Waals surface area contributed by atoms with E-state index in [2.05, 4.69) is 27.6 Å². The summed E-state index contributed by atoms with van der Waals surface area (Å²) >= 11 is 3.32. The largest absolute Gasteiger partial charge is 0.491 e. The zero-order valence-corrected chi connectivity index (χ0v) is 28.4. The van der Waals surface area contributed by atoms with E-state index in [0.29, 0.717) is 53.6 Å². The monoisotopic (exact) mass is 734 g/mol. The van der Waals surface area contributed by atoms with E-state index in [1.165, 1.54) is 15.9 Å². The zero-order chi connectivity index (χ0) is 32.0. The molecular formula is C32H35IN2O8S. The third-order valence-corrected chi connectivity index (χ3v) is 8.15. The number of hydrogen-bond acceptors (Lipinski definition) is 10. The molecule has 10 nitrogen and oxygen atoms in total. The lowest BCUT2D eigenvalue weighted by molar-refractivity contribution is -0.145. The molecule has 0 unspecified atom stereocenters. The molecule has 0 aliphatic carbocycles. The van der Waals surface area contributed by atoms with Crippen LogP contribution in [0.4, 0.5) is 0 Å². The maximum Gasteiger partial charge on any atom is 0.344 e. The molecule has 3 aromatic rings. The molecule has 1 aliphatic rings. The van der Waals surface area contributed by atoms with Crippen LogP contribution >= 0.6 is 33.9 Å². The molecule has 234 valence electrons. The summed E-state index contributed by atoms with van der Waals surface area (Å²) in [6, 6.07) is 10.2. The summed E-state index contributed by atoms with van der Waals surface area (Å²) in [6.07, 6.45) is 1.62. The molecule has 0 fully saturated rings. The van der Waals surface area contributed by atoms with Crippen LogP contribution < -0.4 is 29.1 Å². The van der Waals surface area contributed by atoms with Crippen LogP contribution in [0.25, 0.3) is 6.08 Å². The van der Waals surface area contributed by atoms with Crippen LogP contribution in [0, 0.1) is 3.57 Å². The molecule has 1 aliphatic heterocycles. The van der Waals surface area contributed by atoms with Crippen molar-refractivity contribution in [3.63, 3.8) is 0 Å². The summed E-state index contributed by atoms with van der Waals surface area (Å²) in [7, 11) is 0. The lowest BCUT2D eigenvalue weighted by Crippen LogP contribution is -2.40. The number of halogens is 1. The first kappa shape index (κ1) is 33.2. The summed E-state index contributed by atoms with van der Waals surface area (Å²) in [4.78, 5) is 44.4. The number of para-hydroxylation sites is 1. The fourth-order valence-electron chi connectivity index (χ4n) is 4.71. The molecule has 0 spiro atoms. The fourth-order valence-corrected chi connectivity index (χ4v) is 6.54. The molecule has 1 aromatic heterocycles. The quantitative estimate of drug-likeness (QED) is 0.197. The Morgan fingerprint density at radius 1 is 1.05 bits per heavy atom. The van der Waals surface area contributed by atoms with E-state index in [1.54, 1.807) is 32.9 Å². The topological polar surface area (TPSA) is 115 Å². The lowest BCUT2D eigenvalue weighted by Gasteiger charge is -2.26. The number of allylic oxidation sites excluding steroid dienone is 1. The maximum atomic E-state index is 14.1. The van der Waals surface area contributed by atoms with Gasteiger partial charge in [-0.15, -0.1) is 0 Å². The van der Waals surface area contributed by atoms with Crippen molar-refractivity contribution in [2.45, 2.75) is 53.7 Å². The van der Waals surface area contributed by atoms with Crippen molar-refractivity contribution in [2.24, 2.45) is 4.99 Å². The van der Waals surface area contributed by atoms with Crippen molar-refractivity contribution in [1.29, 1.82) is 0 Å². The third kappa shape index (κ3) is 7.34. The van der Waals surface area contributed by atoms with Gasteiger partial charge in [-0.25, -0.2) is 14.6 Å². The normalized spacial score (nSPS) is 14.6. The molecule has 0 N–H and O–H groups in total. The molecule has 12 heteroatoms. The van der Waals surface area contributed by atoms with Crippen molar-refractivity contribution in [1.82, 2.24) is 4.57 Å². The van der Waals surface area contributed by atoms with Crippen molar-refractivity contribution < 1.29 is 33.3 Å². The zero-order valence-electron chi connectivity index (χ0n) is 25.5. The van der Waals surface area contributed by atoms with Gasteiger partial charge >= 0.3 is 11.9 Å². The van der Waals surface area contributed by atoms with Crippen LogP contribution in [0.2, 0.25) is 0 Å². The summed E-state index contributed by atoms with van der Waals surface area (Å²) < 4.78 is 30.7. The molecule has 1 atom stereocenters. The van der Waals surface area contributed by atoms with Gasteiger partial charge in [0.1, 0.15) is 11.8 Å². The molecule has 0 amide bonds. The summed E-state index contributed by atoms with van der Waals surface area (Å²) in [5, 5.41) is 0. The van der Waals surface area contributed by atoms with E-state index < -0.39 is 18.0 Å². The van der Waals surface area contributed by atoms with E-state index in [4.69, 9.17) is 23.7 Å². The van der Waals surface area contributed by atoms with Crippen LogP contribution in [-0.4, -0.2) is 49.0 Å². The van der Waals surface area contributed by atoms with Gasteiger partial charge in [0.15, 0.2) is 22.9 Å². The first-order valence-electron chi connectivity index (χ1n) is 14.3. The Bertz CT molecular complexity index is 1760. The van der Waals surface area contributed by atoms with E-state index in [-0.39, 0.29) is 37.1 Å². The van der Waals surface area contributed by atoms with Gasteiger partial charge in [0, 0.05) is 5.56 Å². The average Bonchev–Trinajstić information content (AvgIpc) is 3.26. The van der Waals surface area contributed by atoms with Gasteiger partial charge in [-0.05, 0) is 94.0 Å². The van der Waals surface area contributed by atoms with Crippen molar-refractivity contribution in [2.75, 3.05) is 26.4 Å². The van der Waals surface area contributed by atoms with Crippen LogP contribution in [0.15, 0.2) is 57.5 Å². The minimum atomic E-state index is -0.805. The fraction of sp³-hybridized carbons (Fsp3) is 0.375. The van der Waals surface area contributed by atoms with Gasteiger partial charge in [0.05, 0.1) is 45.3 Å². The Hall–Kier alpha value is -3.65. The number of fused-ring (bicyclic) bond motifs is 1. The SMILES string of the molecule is CCOC(=O)COc1c(I)cc(/C=c2/sc3n(c2=O)[C@H](c2ccccc2OC(C)C)C(C(=O)OCC)=C(C)N=3)cc1OCC. The minimum Gasteiger partial charge on any atom is -0.491 e. The van der Waals surface area contributed by atoms with Gasteiger partial charge < -0.3 is 23.7 Å². The number of esters is 2. The third-order valence-electron chi connectivity index (χ3n) is 6.36. The van der Waals surface area contributed by atoms with Gasteiger partial charge in [0.25, 0.3) is 5.56 Å². The van der Waals surface area contributed by atoms with Gasteiger partial charge in [-0.2, -0.15) is 0 Å². The predicted molar refractivity (Wildman–Crippen MR) is 175 cm³/mol. The standard InChI is InChI=1S/C32H35IN2O8S/c1-7-39-24-15-20(14-22(33)29(24)42-17-26(36)40-8-2)16-25-30(37)35-28(21-12-10-11-13-23(21)43-18(4)5)27(31(38)41-9-3)19(6)34-32(35)44-25/h10-16,18,28H,7-9,17H2,1-6H3/b25-16+/t28-/m1/s1. The van der Waals surface area contributed by atoms with E-state index in [1.807, 2.05) is 51.1 Å². The highest BCUT2D eigenvalue weighted by Gasteiger charge is 2.35. The van der Waals surface area contributed by atoms with Crippen LogP contribution in [0.3, 0.4) is 0 Å². The molecule has 2 heterocycles. The molecule has 0 saturated heterocycles. The van der Waals surface area contributed by atoms with Gasteiger partial charge in [0.2, 0.25) is 0 Å². The highest BCUT2D eigenvalue weighted by molar-refractivity contribution is 14.1. The second-order valence-electron chi connectivity index (χ2n) is 9.86. The molecule has 0 radical (unpaired) electrons. The predicted octanol–water partition coefficient (Wildman–Crippen LogP) is 4.53. The van der Waals surface area contributed by atoms with Gasteiger partial charge in [-0.1, -0.05) is 29.5 Å². The molecule has 0 saturated carbocycles. The van der Waals surface area contributed by atoms with E-state index in [9.17, 15) is 14.4 Å². The average molecular weight is 735 g/mol. The van der Waals surface area contributed by atoms with Crippen molar-refractivity contribution in [3.8, 4) is 17.2 Å². The smallest absolute Gasteiger partial charge is 0.344 e. The molecule has 4 rings (SSSR count). The lowest BCUT2D eigenvalue weighted by atomic mass is 9.95. The van der Waals surface area contributed by atoms with Crippen LogP contribution in [-0.2, 0) is 19.1 Å². The molecule has 0 bridgehead atoms. The highest BCUT2D eigenvalue weighted by Crippen LogP contribution is 2.37. The van der Waals surface area contributed by atoms with Crippen LogP contribution in [0.1, 0.15) is 58.7 Å². The Morgan fingerprint density at radius 2 is 1.77 bits per heavy atom. The van der Waals surface area contributed by atoms with Crippen molar-refractivity contribution in [3.05, 3.63) is 82.1 Å². The number of benzene rings is 2. The number of nitrogens with zero attached hydrogens (tertiary/aromatic N) is 2. The number of carbonyl (C=O) groups excluding carboxylic acids is 2. The summed E-state index contributed by atoms with van der Waals surface area (Å²) in [6.45, 7) is 11.4. The number of thiazole rings is 1. The Morgan fingerprint density at radius 3 is 2.45 bits per heavy atom.